The Balaban J connectivity index is 1.68. The summed E-state index contributed by atoms with van der Waals surface area (Å²) in [4.78, 5) is 17.9. The summed E-state index contributed by atoms with van der Waals surface area (Å²) < 4.78 is 1.69. The van der Waals surface area contributed by atoms with E-state index in [-0.39, 0.29) is 5.56 Å². The van der Waals surface area contributed by atoms with E-state index in [1.807, 2.05) is 6.20 Å². The number of aromatic nitrogens is 7. The Morgan fingerprint density at radius 2 is 2.22 bits per heavy atom. The molecule has 0 atom stereocenters. The number of pyridine rings is 2. The average molecular weight is 308 g/mol. The van der Waals surface area contributed by atoms with Gasteiger partial charge in [0.2, 0.25) is 5.56 Å². The number of rotatable bonds is 3. The van der Waals surface area contributed by atoms with Gasteiger partial charge in [0, 0.05) is 24.9 Å². The molecule has 0 bridgehead atoms. The van der Waals surface area contributed by atoms with Crippen molar-refractivity contribution < 1.29 is 0 Å². The SMILES string of the molecule is Nc1cc(Cc2cnn(-c3ccc(=O)[nH]c3)c2)c2nn[nH]c2n1. The van der Waals surface area contributed by atoms with Crippen molar-refractivity contribution in [3.8, 4) is 5.69 Å². The molecule has 114 valence electrons. The van der Waals surface area contributed by atoms with E-state index in [1.165, 1.54) is 6.07 Å². The van der Waals surface area contributed by atoms with Crippen LogP contribution >= 0.6 is 0 Å². The molecule has 4 rings (SSSR count). The Morgan fingerprint density at radius 3 is 3.04 bits per heavy atom. The van der Waals surface area contributed by atoms with Crippen LogP contribution in [-0.4, -0.2) is 35.2 Å². The molecule has 0 aromatic carbocycles. The van der Waals surface area contributed by atoms with Crippen LogP contribution < -0.4 is 11.3 Å². The van der Waals surface area contributed by atoms with Gasteiger partial charge in [-0.25, -0.2) is 14.8 Å². The molecular formula is C14H12N8O. The lowest BCUT2D eigenvalue weighted by atomic mass is 10.1. The minimum atomic E-state index is -0.151. The molecule has 0 aliphatic carbocycles. The third kappa shape index (κ3) is 2.44. The van der Waals surface area contributed by atoms with Gasteiger partial charge < -0.3 is 10.7 Å². The number of aromatic amines is 2. The summed E-state index contributed by atoms with van der Waals surface area (Å²) in [5.74, 6) is 0.409. The standard InChI is InChI=1S/C14H12N8O/c15-11-4-9(13-14(18-11)20-21-19-13)3-8-5-17-22(7-8)10-1-2-12(23)16-6-10/h1-2,4-7H,3H2,(H,16,23)(H3,15,18,19,20,21). The van der Waals surface area contributed by atoms with Gasteiger partial charge in [0.25, 0.3) is 0 Å². The molecule has 4 N–H and O–H groups in total. The van der Waals surface area contributed by atoms with Crippen molar-refractivity contribution in [3.63, 3.8) is 0 Å². The van der Waals surface area contributed by atoms with Gasteiger partial charge in [-0.2, -0.15) is 5.10 Å². The fourth-order valence-corrected chi connectivity index (χ4v) is 2.42. The van der Waals surface area contributed by atoms with Gasteiger partial charge in [0.15, 0.2) is 5.65 Å². The highest BCUT2D eigenvalue weighted by Gasteiger charge is 2.10. The number of nitrogen functional groups attached to an aromatic ring is 1. The zero-order valence-electron chi connectivity index (χ0n) is 11.9. The first-order valence-corrected chi connectivity index (χ1v) is 6.88. The number of fused-ring (bicyclic) bond motifs is 1. The molecule has 0 radical (unpaired) electrons. The summed E-state index contributed by atoms with van der Waals surface area (Å²) in [5, 5.41) is 14.8. The zero-order valence-corrected chi connectivity index (χ0v) is 11.9. The van der Waals surface area contributed by atoms with E-state index in [0.29, 0.717) is 23.4 Å². The highest BCUT2D eigenvalue weighted by Crippen LogP contribution is 2.19. The van der Waals surface area contributed by atoms with Crippen molar-refractivity contribution in [2.75, 3.05) is 5.73 Å². The van der Waals surface area contributed by atoms with E-state index >= 15 is 0 Å². The lowest BCUT2D eigenvalue weighted by Crippen LogP contribution is -2.04. The van der Waals surface area contributed by atoms with Gasteiger partial charge in [-0.3, -0.25) is 4.79 Å². The molecule has 0 spiro atoms. The molecule has 0 aliphatic rings. The minimum Gasteiger partial charge on any atom is -0.384 e. The van der Waals surface area contributed by atoms with E-state index in [0.717, 1.165) is 16.8 Å². The normalized spacial score (nSPS) is 11.1. The van der Waals surface area contributed by atoms with Gasteiger partial charge in [-0.15, -0.1) is 5.10 Å². The van der Waals surface area contributed by atoms with Crippen LogP contribution in [-0.2, 0) is 6.42 Å². The van der Waals surface area contributed by atoms with Gasteiger partial charge >= 0.3 is 0 Å². The van der Waals surface area contributed by atoms with E-state index < -0.39 is 0 Å². The highest BCUT2D eigenvalue weighted by molar-refractivity contribution is 5.76. The van der Waals surface area contributed by atoms with Crippen LogP contribution in [0.25, 0.3) is 16.9 Å². The van der Waals surface area contributed by atoms with Crippen LogP contribution in [0.2, 0.25) is 0 Å². The first-order chi connectivity index (χ1) is 11.2. The van der Waals surface area contributed by atoms with E-state index in [1.54, 1.807) is 29.2 Å². The molecule has 0 unspecified atom stereocenters. The average Bonchev–Trinajstić information content (AvgIpc) is 3.17. The van der Waals surface area contributed by atoms with Crippen molar-refractivity contribution in [2.45, 2.75) is 6.42 Å². The van der Waals surface area contributed by atoms with Gasteiger partial charge in [-0.05, 0) is 23.3 Å². The highest BCUT2D eigenvalue weighted by atomic mass is 16.1. The minimum absolute atomic E-state index is 0.151. The Morgan fingerprint density at radius 1 is 1.30 bits per heavy atom. The van der Waals surface area contributed by atoms with Gasteiger partial charge in [-0.1, -0.05) is 5.21 Å². The molecule has 23 heavy (non-hydrogen) atoms. The largest absolute Gasteiger partial charge is 0.384 e. The monoisotopic (exact) mass is 308 g/mol. The lowest BCUT2D eigenvalue weighted by Gasteiger charge is -2.01. The number of nitrogens with zero attached hydrogens (tertiary/aromatic N) is 5. The summed E-state index contributed by atoms with van der Waals surface area (Å²) in [6.07, 6.45) is 5.85. The van der Waals surface area contributed by atoms with Crippen molar-refractivity contribution in [1.29, 1.82) is 0 Å². The molecule has 4 aromatic heterocycles. The Labute approximate surface area is 129 Å². The second-order valence-corrected chi connectivity index (χ2v) is 5.10. The molecule has 4 aromatic rings. The smallest absolute Gasteiger partial charge is 0.248 e. The zero-order chi connectivity index (χ0) is 15.8. The number of hydrogen-bond acceptors (Lipinski definition) is 6. The molecule has 0 aliphatic heterocycles. The number of H-pyrrole nitrogens is 2. The summed E-state index contributed by atoms with van der Waals surface area (Å²) in [6, 6.07) is 4.94. The Hall–Kier alpha value is -3.49. The molecule has 9 heteroatoms. The van der Waals surface area contributed by atoms with Crippen LogP contribution in [0.4, 0.5) is 5.82 Å². The predicted molar refractivity (Wildman–Crippen MR) is 83.1 cm³/mol. The fraction of sp³-hybridized carbons (Fsp3) is 0.0714. The van der Waals surface area contributed by atoms with Crippen LogP contribution in [0, 0.1) is 0 Å². The molecule has 4 heterocycles. The first kappa shape index (κ1) is 13.2. The Kier molecular flexibility index (Phi) is 2.90. The predicted octanol–water partition coefficient (Wildman–Crippen LogP) is 0.400. The van der Waals surface area contributed by atoms with Gasteiger partial charge in [0.05, 0.1) is 11.9 Å². The number of nitrogens with one attached hydrogen (secondary N) is 2. The van der Waals surface area contributed by atoms with E-state index in [9.17, 15) is 4.79 Å². The summed E-state index contributed by atoms with van der Waals surface area (Å²) >= 11 is 0. The third-order valence-corrected chi connectivity index (χ3v) is 3.46. The number of nitrogens with two attached hydrogens (primary N) is 1. The summed E-state index contributed by atoms with van der Waals surface area (Å²) in [5.41, 5.74) is 9.58. The van der Waals surface area contributed by atoms with Crippen LogP contribution in [0.3, 0.4) is 0 Å². The quantitative estimate of drug-likeness (QED) is 0.502. The van der Waals surface area contributed by atoms with Crippen LogP contribution in [0.15, 0.2) is 41.6 Å². The molecule has 0 saturated heterocycles. The lowest BCUT2D eigenvalue weighted by molar-refractivity contribution is 0.871. The van der Waals surface area contributed by atoms with Crippen molar-refractivity contribution in [3.05, 3.63) is 58.3 Å². The fourth-order valence-electron chi connectivity index (χ4n) is 2.42. The summed E-state index contributed by atoms with van der Waals surface area (Å²) in [7, 11) is 0. The molecule has 0 saturated carbocycles. The second kappa shape index (κ2) is 5.05. The maximum Gasteiger partial charge on any atom is 0.248 e. The van der Waals surface area contributed by atoms with Gasteiger partial charge in [0.1, 0.15) is 11.3 Å². The van der Waals surface area contributed by atoms with Crippen LogP contribution in [0.5, 0.6) is 0 Å². The first-order valence-electron chi connectivity index (χ1n) is 6.88. The molecular weight excluding hydrogens is 296 g/mol. The number of hydrogen-bond donors (Lipinski definition) is 3. The third-order valence-electron chi connectivity index (χ3n) is 3.46. The van der Waals surface area contributed by atoms with E-state index in [4.69, 9.17) is 5.73 Å². The van der Waals surface area contributed by atoms with Crippen molar-refractivity contribution in [2.24, 2.45) is 0 Å². The molecule has 0 fully saturated rings. The Bertz CT molecular complexity index is 1020. The van der Waals surface area contributed by atoms with Crippen molar-refractivity contribution in [1.82, 2.24) is 35.2 Å². The van der Waals surface area contributed by atoms with E-state index in [2.05, 4.69) is 30.5 Å². The topological polar surface area (TPSA) is 131 Å². The number of anilines is 1. The second-order valence-electron chi connectivity index (χ2n) is 5.10. The molecule has 9 nitrogen and oxygen atoms in total. The molecule has 0 amide bonds. The van der Waals surface area contributed by atoms with Crippen LogP contribution in [0.1, 0.15) is 11.1 Å². The van der Waals surface area contributed by atoms with Crippen molar-refractivity contribution >= 4 is 17.0 Å². The maximum atomic E-state index is 11.1. The summed E-state index contributed by atoms with van der Waals surface area (Å²) in [6.45, 7) is 0. The maximum absolute atomic E-state index is 11.1.